The number of hydrogen-bond donors (Lipinski definition) is 0. The summed E-state index contributed by atoms with van der Waals surface area (Å²) in [6, 6.07) is 10.2. The maximum atomic E-state index is 12.6. The van der Waals surface area contributed by atoms with Crippen molar-refractivity contribution in [3.05, 3.63) is 65.9 Å². The Labute approximate surface area is 166 Å². The Morgan fingerprint density at radius 1 is 1.14 bits per heavy atom. The maximum Gasteiger partial charge on any atom is 0.416 e. The molecule has 0 aliphatic rings. The Bertz CT molecular complexity index is 830. The lowest BCUT2D eigenvalue weighted by molar-refractivity contribution is -0.137. The fourth-order valence-corrected chi connectivity index (χ4v) is 3.26. The molecule has 150 valence electrons. The highest BCUT2D eigenvalue weighted by Gasteiger charge is 2.30. The van der Waals surface area contributed by atoms with E-state index in [1.807, 2.05) is 25.1 Å². The third kappa shape index (κ3) is 6.96. The molecule has 0 N–H and O–H groups in total. The minimum atomic E-state index is -4.36. The van der Waals surface area contributed by atoms with Gasteiger partial charge in [0.05, 0.1) is 11.3 Å². The molecule has 0 aliphatic heterocycles. The second-order valence-corrected chi connectivity index (χ2v) is 7.35. The lowest BCUT2D eigenvalue weighted by Crippen LogP contribution is -2.07. The number of aryl methyl sites for hydroxylation is 1. The second kappa shape index (κ2) is 9.68. The lowest BCUT2D eigenvalue weighted by Gasteiger charge is -2.11. The van der Waals surface area contributed by atoms with Gasteiger partial charge in [0, 0.05) is 17.1 Å². The standard InChI is InChI=1S/C21H21F3O3S/c1-14-12-19(8-9-20(14)26-13-15(2)25)28-11-10-16(3)27-18-6-4-17(5-7-18)21(22,23)24/h4-9,12H,3,10-11,13H2,1-2H3. The number of carbonyl (C=O) groups excluding carboxylic acids is 1. The minimum Gasteiger partial charge on any atom is -0.486 e. The van der Waals surface area contributed by atoms with Gasteiger partial charge in [-0.15, -0.1) is 11.8 Å². The average molecular weight is 410 g/mol. The van der Waals surface area contributed by atoms with Gasteiger partial charge in [0.1, 0.15) is 18.1 Å². The molecule has 0 aromatic heterocycles. The van der Waals surface area contributed by atoms with Crippen molar-refractivity contribution in [2.24, 2.45) is 0 Å². The molecule has 0 saturated carbocycles. The molecule has 0 aliphatic carbocycles. The van der Waals surface area contributed by atoms with Crippen LogP contribution in [0.4, 0.5) is 13.2 Å². The van der Waals surface area contributed by atoms with Crippen LogP contribution in [0.1, 0.15) is 24.5 Å². The van der Waals surface area contributed by atoms with Gasteiger partial charge < -0.3 is 9.47 Å². The number of benzene rings is 2. The number of thioether (sulfide) groups is 1. The van der Waals surface area contributed by atoms with Crippen molar-refractivity contribution in [1.82, 2.24) is 0 Å². The summed E-state index contributed by atoms with van der Waals surface area (Å²) < 4.78 is 48.6. The van der Waals surface area contributed by atoms with Crippen molar-refractivity contribution in [3.63, 3.8) is 0 Å². The van der Waals surface area contributed by atoms with E-state index in [4.69, 9.17) is 9.47 Å². The third-order valence-electron chi connectivity index (χ3n) is 3.67. The zero-order valence-electron chi connectivity index (χ0n) is 15.6. The Kier molecular flexibility index (Phi) is 7.57. The van der Waals surface area contributed by atoms with Crippen LogP contribution in [0.5, 0.6) is 11.5 Å². The summed E-state index contributed by atoms with van der Waals surface area (Å²) in [5.74, 6) is 2.14. The number of ketones is 1. The molecule has 0 saturated heterocycles. The molecule has 0 unspecified atom stereocenters. The van der Waals surface area contributed by atoms with Crippen molar-refractivity contribution in [2.75, 3.05) is 12.4 Å². The number of Topliss-reactive ketones (excluding diaryl/α,β-unsaturated/α-hetero) is 1. The number of alkyl halides is 3. The fraction of sp³-hybridized carbons (Fsp3) is 0.286. The number of hydrogen-bond acceptors (Lipinski definition) is 4. The Hall–Kier alpha value is -2.41. The molecule has 0 bridgehead atoms. The zero-order valence-corrected chi connectivity index (χ0v) is 16.5. The first-order valence-corrected chi connectivity index (χ1v) is 9.52. The summed E-state index contributed by atoms with van der Waals surface area (Å²) in [6.45, 7) is 7.25. The number of halogens is 3. The first-order valence-electron chi connectivity index (χ1n) is 8.53. The molecule has 0 radical (unpaired) electrons. The van der Waals surface area contributed by atoms with Crippen molar-refractivity contribution in [2.45, 2.75) is 31.3 Å². The smallest absolute Gasteiger partial charge is 0.416 e. The molecule has 2 rings (SSSR count). The van der Waals surface area contributed by atoms with Crippen LogP contribution in [-0.2, 0) is 11.0 Å². The van der Waals surface area contributed by atoms with Crippen LogP contribution < -0.4 is 9.47 Å². The highest BCUT2D eigenvalue weighted by Crippen LogP contribution is 2.31. The van der Waals surface area contributed by atoms with Crippen LogP contribution in [0.2, 0.25) is 0 Å². The fourth-order valence-electron chi connectivity index (χ4n) is 2.27. The van der Waals surface area contributed by atoms with E-state index in [0.717, 1.165) is 22.6 Å². The summed E-state index contributed by atoms with van der Waals surface area (Å²) in [6.07, 6.45) is -3.82. The van der Waals surface area contributed by atoms with Gasteiger partial charge in [0.25, 0.3) is 0 Å². The van der Waals surface area contributed by atoms with E-state index in [9.17, 15) is 18.0 Å². The predicted molar refractivity (Wildman–Crippen MR) is 104 cm³/mol. The van der Waals surface area contributed by atoms with E-state index in [2.05, 4.69) is 6.58 Å². The molecule has 0 amide bonds. The van der Waals surface area contributed by atoms with Gasteiger partial charge in [-0.25, -0.2) is 0 Å². The number of allylic oxidation sites excluding steroid dienone is 1. The summed E-state index contributed by atoms with van der Waals surface area (Å²) >= 11 is 1.60. The topological polar surface area (TPSA) is 35.5 Å². The Morgan fingerprint density at radius 2 is 1.82 bits per heavy atom. The zero-order chi connectivity index (χ0) is 20.7. The summed E-state index contributed by atoms with van der Waals surface area (Å²) in [7, 11) is 0. The van der Waals surface area contributed by atoms with Gasteiger partial charge in [0.15, 0.2) is 5.78 Å². The van der Waals surface area contributed by atoms with E-state index < -0.39 is 11.7 Å². The van der Waals surface area contributed by atoms with E-state index >= 15 is 0 Å². The SMILES string of the molecule is C=C(CCSc1ccc(OCC(C)=O)c(C)c1)Oc1ccc(C(F)(F)F)cc1. The molecular formula is C21H21F3O3S. The van der Waals surface area contributed by atoms with Crippen LogP contribution in [0.25, 0.3) is 0 Å². The van der Waals surface area contributed by atoms with E-state index in [0.29, 0.717) is 29.4 Å². The van der Waals surface area contributed by atoms with Crippen LogP contribution in [0.3, 0.4) is 0 Å². The van der Waals surface area contributed by atoms with Gasteiger partial charge in [-0.2, -0.15) is 13.2 Å². The molecular weight excluding hydrogens is 389 g/mol. The highest BCUT2D eigenvalue weighted by atomic mass is 32.2. The summed E-state index contributed by atoms with van der Waals surface area (Å²) in [5.41, 5.74) is 0.221. The third-order valence-corrected chi connectivity index (χ3v) is 4.67. The molecule has 0 spiro atoms. The van der Waals surface area contributed by atoms with E-state index in [1.165, 1.54) is 19.1 Å². The Morgan fingerprint density at radius 3 is 2.39 bits per heavy atom. The lowest BCUT2D eigenvalue weighted by atomic mass is 10.2. The molecule has 2 aromatic carbocycles. The summed E-state index contributed by atoms with van der Waals surface area (Å²) in [5, 5.41) is 0. The molecule has 0 fully saturated rings. The van der Waals surface area contributed by atoms with Crippen molar-refractivity contribution < 1.29 is 27.4 Å². The van der Waals surface area contributed by atoms with Gasteiger partial charge in [0.2, 0.25) is 0 Å². The Balaban J connectivity index is 1.80. The van der Waals surface area contributed by atoms with Crippen molar-refractivity contribution in [3.8, 4) is 11.5 Å². The van der Waals surface area contributed by atoms with Crippen molar-refractivity contribution in [1.29, 1.82) is 0 Å². The normalized spacial score (nSPS) is 11.2. The number of ether oxygens (including phenoxy) is 2. The first-order chi connectivity index (χ1) is 13.1. The number of rotatable bonds is 9. The molecule has 2 aromatic rings. The van der Waals surface area contributed by atoms with Crippen LogP contribution in [0, 0.1) is 6.92 Å². The molecule has 0 atom stereocenters. The minimum absolute atomic E-state index is 0.0376. The van der Waals surface area contributed by atoms with Crippen LogP contribution in [0.15, 0.2) is 59.7 Å². The molecule has 3 nitrogen and oxygen atoms in total. The van der Waals surface area contributed by atoms with E-state index in [1.54, 1.807) is 11.8 Å². The largest absolute Gasteiger partial charge is 0.486 e. The average Bonchev–Trinajstić information content (AvgIpc) is 2.60. The van der Waals surface area contributed by atoms with Crippen LogP contribution >= 0.6 is 11.8 Å². The first kappa shape index (κ1) is 21.9. The predicted octanol–water partition coefficient (Wildman–Crippen LogP) is 6.06. The van der Waals surface area contributed by atoms with Gasteiger partial charge >= 0.3 is 6.18 Å². The quantitative estimate of drug-likeness (QED) is 0.372. The molecule has 0 heterocycles. The maximum absolute atomic E-state index is 12.6. The van der Waals surface area contributed by atoms with Gasteiger partial charge in [-0.1, -0.05) is 6.58 Å². The number of carbonyl (C=O) groups is 1. The van der Waals surface area contributed by atoms with Gasteiger partial charge in [-0.05, 0) is 61.9 Å². The highest BCUT2D eigenvalue weighted by molar-refractivity contribution is 7.99. The monoisotopic (exact) mass is 410 g/mol. The molecule has 7 heteroatoms. The molecule has 28 heavy (non-hydrogen) atoms. The van der Waals surface area contributed by atoms with Crippen LogP contribution in [-0.4, -0.2) is 18.1 Å². The van der Waals surface area contributed by atoms with E-state index in [-0.39, 0.29) is 12.4 Å². The second-order valence-electron chi connectivity index (χ2n) is 6.18. The van der Waals surface area contributed by atoms with Crippen molar-refractivity contribution >= 4 is 17.5 Å². The summed E-state index contributed by atoms with van der Waals surface area (Å²) in [4.78, 5) is 12.0. The van der Waals surface area contributed by atoms with Gasteiger partial charge in [-0.3, -0.25) is 4.79 Å².